The number of hydrogen-bond donors (Lipinski definition) is 3. The van der Waals surface area contributed by atoms with Crippen LogP contribution in [0, 0.1) is 0 Å². The fourth-order valence-corrected chi connectivity index (χ4v) is 1.53. The number of methoxy groups -OCH3 is 1. The molecule has 0 aromatic heterocycles. The van der Waals surface area contributed by atoms with E-state index in [1.165, 1.54) is 31.4 Å². The normalized spacial score (nSPS) is 13.7. The molecule has 1 atom stereocenters. The van der Waals surface area contributed by atoms with Crippen LogP contribution in [-0.4, -0.2) is 22.0 Å². The zero-order valence-corrected chi connectivity index (χ0v) is 8.39. The number of rotatable bonds is 3. The standard InChI is InChI=1S/C8H11O5P/c1-13-7-4-2-6(3-5-7)8(9)14(10,11)12/h2-5,8-9H,1H3,(H2,10,11,12)/t8-/m0/s1. The summed E-state index contributed by atoms with van der Waals surface area (Å²) in [5.74, 6) is -1.21. The zero-order valence-electron chi connectivity index (χ0n) is 7.49. The first-order chi connectivity index (χ1) is 6.45. The molecule has 1 aromatic carbocycles. The molecular weight excluding hydrogens is 207 g/mol. The second-order valence-corrected chi connectivity index (χ2v) is 4.40. The van der Waals surface area contributed by atoms with E-state index in [1.807, 2.05) is 0 Å². The third-order valence-electron chi connectivity index (χ3n) is 1.73. The molecular formula is C8H11O5P. The van der Waals surface area contributed by atoms with Crippen molar-refractivity contribution in [1.29, 1.82) is 0 Å². The van der Waals surface area contributed by atoms with Crippen LogP contribution in [0.2, 0.25) is 0 Å². The molecule has 0 fully saturated rings. The Balaban J connectivity index is 2.92. The number of aliphatic hydroxyl groups is 1. The molecule has 0 radical (unpaired) electrons. The largest absolute Gasteiger partial charge is 0.497 e. The van der Waals surface area contributed by atoms with Crippen LogP contribution in [-0.2, 0) is 4.57 Å². The monoisotopic (exact) mass is 218 g/mol. The molecule has 0 spiro atoms. The Bertz CT molecular complexity index is 341. The third-order valence-corrected chi connectivity index (χ3v) is 2.67. The van der Waals surface area contributed by atoms with Crippen LogP contribution in [0.4, 0.5) is 0 Å². The van der Waals surface area contributed by atoms with Crippen molar-refractivity contribution in [3.63, 3.8) is 0 Å². The highest BCUT2D eigenvalue weighted by Crippen LogP contribution is 2.49. The van der Waals surface area contributed by atoms with Crippen molar-refractivity contribution in [1.82, 2.24) is 0 Å². The number of hydrogen-bond acceptors (Lipinski definition) is 3. The van der Waals surface area contributed by atoms with Crippen molar-refractivity contribution in [3.8, 4) is 5.75 Å². The van der Waals surface area contributed by atoms with E-state index in [4.69, 9.17) is 14.5 Å². The van der Waals surface area contributed by atoms with Gasteiger partial charge in [0.2, 0.25) is 0 Å². The van der Waals surface area contributed by atoms with Crippen molar-refractivity contribution >= 4 is 7.60 Å². The van der Waals surface area contributed by atoms with Gasteiger partial charge in [0.15, 0.2) is 5.85 Å². The second-order valence-electron chi connectivity index (χ2n) is 2.74. The van der Waals surface area contributed by atoms with Gasteiger partial charge in [-0.1, -0.05) is 12.1 Å². The molecule has 0 aliphatic carbocycles. The summed E-state index contributed by atoms with van der Waals surface area (Å²) in [4.78, 5) is 17.4. The Morgan fingerprint density at radius 2 is 1.79 bits per heavy atom. The molecule has 78 valence electrons. The molecule has 5 nitrogen and oxygen atoms in total. The Morgan fingerprint density at radius 3 is 2.14 bits per heavy atom. The average molecular weight is 218 g/mol. The molecule has 0 aliphatic heterocycles. The van der Waals surface area contributed by atoms with Gasteiger partial charge in [-0.3, -0.25) is 4.57 Å². The second kappa shape index (κ2) is 4.11. The van der Waals surface area contributed by atoms with Gasteiger partial charge in [0.1, 0.15) is 5.75 Å². The first kappa shape index (κ1) is 11.2. The van der Waals surface area contributed by atoms with E-state index < -0.39 is 13.4 Å². The van der Waals surface area contributed by atoms with E-state index in [0.29, 0.717) is 5.75 Å². The van der Waals surface area contributed by atoms with Crippen molar-refractivity contribution in [2.24, 2.45) is 0 Å². The molecule has 0 unspecified atom stereocenters. The lowest BCUT2D eigenvalue weighted by atomic mass is 10.2. The van der Waals surface area contributed by atoms with Crippen LogP contribution in [0.5, 0.6) is 5.75 Å². The summed E-state index contributed by atoms with van der Waals surface area (Å²) >= 11 is 0. The maximum absolute atomic E-state index is 10.7. The topological polar surface area (TPSA) is 87.0 Å². The minimum atomic E-state index is -4.49. The predicted octanol–water partition coefficient (Wildman–Crippen LogP) is 0.864. The van der Waals surface area contributed by atoms with Crippen LogP contribution < -0.4 is 4.74 Å². The van der Waals surface area contributed by atoms with Gasteiger partial charge in [-0.15, -0.1) is 0 Å². The van der Waals surface area contributed by atoms with Gasteiger partial charge < -0.3 is 19.6 Å². The average Bonchev–Trinajstić information content (AvgIpc) is 2.15. The molecule has 1 aromatic rings. The van der Waals surface area contributed by atoms with E-state index in [2.05, 4.69) is 0 Å². The summed E-state index contributed by atoms with van der Waals surface area (Å²) in [5, 5.41) is 9.22. The van der Waals surface area contributed by atoms with E-state index in [0.717, 1.165) is 0 Å². The molecule has 0 saturated heterocycles. The van der Waals surface area contributed by atoms with E-state index >= 15 is 0 Å². The lowest BCUT2D eigenvalue weighted by molar-refractivity contribution is 0.205. The molecule has 0 bridgehead atoms. The van der Waals surface area contributed by atoms with Gasteiger partial charge in [0.25, 0.3) is 0 Å². The number of aliphatic hydroxyl groups excluding tert-OH is 1. The van der Waals surface area contributed by atoms with E-state index in [1.54, 1.807) is 0 Å². The Kier molecular flexibility index (Phi) is 3.29. The zero-order chi connectivity index (χ0) is 10.8. The van der Waals surface area contributed by atoms with E-state index in [9.17, 15) is 9.67 Å². The quantitative estimate of drug-likeness (QED) is 0.655. The smallest absolute Gasteiger partial charge is 0.358 e. The molecule has 14 heavy (non-hydrogen) atoms. The third kappa shape index (κ3) is 2.56. The van der Waals surface area contributed by atoms with Crippen LogP contribution in [0.15, 0.2) is 24.3 Å². The molecule has 6 heteroatoms. The van der Waals surface area contributed by atoms with Gasteiger partial charge >= 0.3 is 7.60 Å². The summed E-state index contributed by atoms with van der Waals surface area (Å²) < 4.78 is 15.6. The molecule has 0 aliphatic rings. The van der Waals surface area contributed by atoms with Crippen molar-refractivity contribution < 1.29 is 24.2 Å². The van der Waals surface area contributed by atoms with E-state index in [-0.39, 0.29) is 5.56 Å². The van der Waals surface area contributed by atoms with Gasteiger partial charge in [-0.2, -0.15) is 0 Å². The summed E-state index contributed by atoms with van der Waals surface area (Å²) in [5.41, 5.74) is 0.166. The lowest BCUT2D eigenvalue weighted by Crippen LogP contribution is -1.98. The number of benzene rings is 1. The van der Waals surface area contributed by atoms with Gasteiger partial charge in [0.05, 0.1) is 7.11 Å². The summed E-state index contributed by atoms with van der Waals surface area (Å²) in [6.07, 6.45) is 0. The Hall–Kier alpha value is -0.870. The first-order valence-electron chi connectivity index (χ1n) is 3.82. The highest BCUT2D eigenvalue weighted by atomic mass is 31.2. The van der Waals surface area contributed by atoms with Crippen LogP contribution in [0.1, 0.15) is 11.4 Å². The molecule has 3 N–H and O–H groups in total. The molecule has 0 amide bonds. The highest BCUT2D eigenvalue weighted by molar-refractivity contribution is 7.51. The first-order valence-corrected chi connectivity index (χ1v) is 5.50. The minimum Gasteiger partial charge on any atom is -0.497 e. The van der Waals surface area contributed by atoms with Crippen LogP contribution in [0.25, 0.3) is 0 Å². The Labute approximate surface area is 81.1 Å². The molecule has 0 saturated carbocycles. The fraction of sp³-hybridized carbons (Fsp3) is 0.250. The molecule has 0 heterocycles. The predicted molar refractivity (Wildman–Crippen MR) is 50.0 cm³/mol. The van der Waals surface area contributed by atoms with Crippen LogP contribution >= 0.6 is 7.60 Å². The summed E-state index contributed by atoms with van der Waals surface area (Å²) in [6, 6.07) is 5.85. The Morgan fingerprint density at radius 1 is 1.29 bits per heavy atom. The maximum atomic E-state index is 10.7. The summed E-state index contributed by atoms with van der Waals surface area (Å²) in [7, 11) is -3.01. The maximum Gasteiger partial charge on any atom is 0.358 e. The fourth-order valence-electron chi connectivity index (χ4n) is 0.970. The van der Waals surface area contributed by atoms with Crippen LogP contribution in [0.3, 0.4) is 0 Å². The minimum absolute atomic E-state index is 0.166. The SMILES string of the molecule is COc1ccc([C@@H](O)P(=O)(O)O)cc1. The lowest BCUT2D eigenvalue weighted by Gasteiger charge is -2.12. The van der Waals surface area contributed by atoms with Crippen molar-refractivity contribution in [2.75, 3.05) is 7.11 Å². The highest BCUT2D eigenvalue weighted by Gasteiger charge is 2.27. The van der Waals surface area contributed by atoms with Crippen molar-refractivity contribution in [2.45, 2.75) is 5.85 Å². The van der Waals surface area contributed by atoms with Crippen molar-refractivity contribution in [3.05, 3.63) is 29.8 Å². The van der Waals surface area contributed by atoms with Gasteiger partial charge in [-0.25, -0.2) is 0 Å². The summed E-state index contributed by atoms with van der Waals surface area (Å²) in [6.45, 7) is 0. The van der Waals surface area contributed by atoms with Gasteiger partial charge in [0, 0.05) is 0 Å². The number of ether oxygens (including phenoxy) is 1. The molecule has 1 rings (SSSR count). The van der Waals surface area contributed by atoms with Gasteiger partial charge in [-0.05, 0) is 17.7 Å².